The highest BCUT2D eigenvalue weighted by molar-refractivity contribution is 8.15. The minimum absolute atomic E-state index is 0.0908. The van der Waals surface area contributed by atoms with Gasteiger partial charge in [-0.25, -0.2) is 0 Å². The molecule has 0 aliphatic heterocycles. The van der Waals surface area contributed by atoms with Gasteiger partial charge in [-0.2, -0.15) is 10.5 Å². The van der Waals surface area contributed by atoms with Crippen LogP contribution in [0.1, 0.15) is 41.5 Å². The summed E-state index contributed by atoms with van der Waals surface area (Å²) in [5.74, 6) is 0.226. The van der Waals surface area contributed by atoms with E-state index >= 15 is 0 Å². The number of ketones is 1. The Morgan fingerprint density at radius 1 is 0.833 bits per heavy atom. The predicted octanol–water partition coefficient (Wildman–Crippen LogP) is 4.22. The monoisotopic (exact) mass is 266 g/mol. The van der Waals surface area contributed by atoms with E-state index in [1.807, 2.05) is 0 Å². The van der Waals surface area contributed by atoms with E-state index in [1.54, 1.807) is 0 Å². The maximum atomic E-state index is 12.6. The van der Waals surface area contributed by atoms with Gasteiger partial charge in [0.05, 0.1) is 0 Å². The fourth-order valence-corrected chi connectivity index (χ4v) is 2.66. The third kappa shape index (κ3) is 3.23. The summed E-state index contributed by atoms with van der Waals surface area (Å²) in [6.07, 6.45) is 8.64. The first-order valence-electron chi connectivity index (χ1n) is 6.38. The summed E-state index contributed by atoms with van der Waals surface area (Å²) in [4.78, 5) is 13.9. The first-order chi connectivity index (χ1) is 7.94. The third-order valence-corrected chi connectivity index (χ3v) is 4.33. The highest BCUT2D eigenvalue weighted by atomic mass is 32.2. The van der Waals surface area contributed by atoms with Crippen LogP contribution in [0.3, 0.4) is 0 Å². The van der Waals surface area contributed by atoms with Crippen molar-refractivity contribution < 1.29 is 4.79 Å². The van der Waals surface area contributed by atoms with Crippen LogP contribution in [-0.2, 0) is 4.79 Å². The Labute approximate surface area is 114 Å². The second kappa shape index (κ2) is 4.80. The van der Waals surface area contributed by atoms with E-state index in [4.69, 9.17) is 0 Å². The molecule has 0 fully saturated rings. The lowest BCUT2D eigenvalue weighted by atomic mass is 9.73. The molecule has 1 nitrogen and oxygen atoms in total. The third-order valence-electron chi connectivity index (χ3n) is 3.15. The molecule has 0 N–H and O–H groups in total. The molecule has 0 aromatic carbocycles. The quantitative estimate of drug-likeness (QED) is 0.600. The van der Waals surface area contributed by atoms with Crippen LogP contribution in [0.15, 0.2) is 23.3 Å². The maximum absolute atomic E-state index is 12.6. The van der Waals surface area contributed by atoms with E-state index in [2.05, 4.69) is 66.2 Å². The molecule has 0 saturated heterocycles. The van der Waals surface area contributed by atoms with Crippen LogP contribution in [0, 0.1) is 10.8 Å². The summed E-state index contributed by atoms with van der Waals surface area (Å²) >= 11 is 0. The smallest absolute Gasteiger partial charge is 0.186 e. The molecule has 0 bridgehead atoms. The number of hydrogen-bond acceptors (Lipinski definition) is 1. The fourth-order valence-electron chi connectivity index (χ4n) is 1.95. The van der Waals surface area contributed by atoms with Crippen molar-refractivity contribution in [1.82, 2.24) is 0 Å². The number of Topliss-reactive ketones (excluding diaryl/α,β-unsaturated/α-hetero) is 1. The average Bonchev–Trinajstić information content (AvgIpc) is 2.13. The van der Waals surface area contributed by atoms with Crippen LogP contribution in [0.5, 0.6) is 0 Å². The Morgan fingerprint density at radius 3 is 1.39 bits per heavy atom. The molecule has 1 rings (SSSR count). The fraction of sp³-hybridized carbons (Fsp3) is 0.625. The molecule has 0 amide bonds. The van der Waals surface area contributed by atoms with Gasteiger partial charge in [-0.1, -0.05) is 41.5 Å². The average molecular weight is 266 g/mol. The Morgan fingerprint density at radius 2 is 1.17 bits per heavy atom. The van der Waals surface area contributed by atoms with Gasteiger partial charge in [-0.05, 0) is 40.4 Å². The molecule has 0 atom stereocenters. The van der Waals surface area contributed by atoms with Gasteiger partial charge in [0, 0.05) is 11.1 Å². The van der Waals surface area contributed by atoms with Gasteiger partial charge in [0.25, 0.3) is 0 Å². The highest BCUT2D eigenvalue weighted by Gasteiger charge is 2.34. The molecule has 0 unspecified atom stereocenters. The first-order valence-corrected chi connectivity index (χ1v) is 8.42. The van der Waals surface area contributed by atoms with Crippen molar-refractivity contribution in [3.8, 4) is 0 Å². The topological polar surface area (TPSA) is 17.1 Å². The van der Waals surface area contributed by atoms with E-state index in [0.717, 1.165) is 11.1 Å². The largest absolute Gasteiger partial charge is 0.289 e. The van der Waals surface area contributed by atoms with E-state index in [1.165, 1.54) is 4.86 Å². The lowest BCUT2D eigenvalue weighted by Crippen LogP contribution is -2.29. The molecule has 0 aromatic heterocycles. The second-order valence-electron chi connectivity index (χ2n) is 7.16. The van der Waals surface area contributed by atoms with Crippen molar-refractivity contribution in [3.63, 3.8) is 0 Å². The molecular weight excluding hydrogens is 240 g/mol. The lowest BCUT2D eigenvalue weighted by Gasteiger charge is -2.31. The summed E-state index contributed by atoms with van der Waals surface area (Å²) < 4.78 is 0. The van der Waals surface area contributed by atoms with Crippen molar-refractivity contribution >= 4 is 21.1 Å². The molecule has 0 heterocycles. The van der Waals surface area contributed by atoms with Crippen LogP contribution < -0.4 is 0 Å². The molecule has 0 spiro atoms. The van der Waals surface area contributed by atoms with Gasteiger partial charge >= 0.3 is 0 Å². The minimum Gasteiger partial charge on any atom is -0.289 e. The van der Waals surface area contributed by atoms with Gasteiger partial charge < -0.3 is 0 Å². The molecule has 0 saturated carbocycles. The molecule has 1 aliphatic carbocycles. The second-order valence-corrected chi connectivity index (χ2v) is 9.27. The SMILES string of the molecule is CS(C)=C1C=C(C(C)(C)C)C(=O)C(C(C)(C)C)=C1. The lowest BCUT2D eigenvalue weighted by molar-refractivity contribution is -0.114. The summed E-state index contributed by atoms with van der Waals surface area (Å²) in [6, 6.07) is 0. The van der Waals surface area contributed by atoms with Crippen LogP contribution in [0.25, 0.3) is 0 Å². The van der Waals surface area contributed by atoms with Gasteiger partial charge in [-0.15, -0.1) is 0 Å². The van der Waals surface area contributed by atoms with Crippen LogP contribution >= 0.6 is 10.5 Å². The number of hydrogen-bond donors (Lipinski definition) is 0. The minimum atomic E-state index is -0.0908. The van der Waals surface area contributed by atoms with E-state index in [-0.39, 0.29) is 27.1 Å². The maximum Gasteiger partial charge on any atom is 0.186 e. The van der Waals surface area contributed by atoms with Gasteiger partial charge in [0.15, 0.2) is 5.78 Å². The summed E-state index contributed by atoms with van der Waals surface area (Å²) in [5, 5.41) is 0. The molecule has 0 aromatic rings. The number of carbonyl (C=O) groups excluding carboxylic acids is 1. The Balaban J connectivity index is 3.45. The zero-order valence-corrected chi connectivity index (χ0v) is 13.8. The van der Waals surface area contributed by atoms with Crippen molar-refractivity contribution in [2.45, 2.75) is 41.5 Å². The van der Waals surface area contributed by atoms with Crippen LogP contribution in [-0.4, -0.2) is 23.2 Å². The summed E-state index contributed by atoms with van der Waals surface area (Å²) in [5.41, 5.74) is 1.72. The Hall–Kier alpha value is -0.630. The zero-order chi connectivity index (χ0) is 14.3. The molecule has 102 valence electrons. The first kappa shape index (κ1) is 15.4. The van der Waals surface area contributed by atoms with Crippen molar-refractivity contribution in [3.05, 3.63) is 23.3 Å². The normalized spacial score (nSPS) is 18.1. The number of carbonyl (C=O) groups is 1. The molecular formula is C16H26OS. The van der Waals surface area contributed by atoms with E-state index in [0.29, 0.717) is 0 Å². The van der Waals surface area contributed by atoms with Gasteiger partial charge in [0.1, 0.15) is 0 Å². The molecule has 1 aliphatic rings. The van der Waals surface area contributed by atoms with Crippen LogP contribution in [0.2, 0.25) is 0 Å². The zero-order valence-electron chi connectivity index (χ0n) is 13.0. The van der Waals surface area contributed by atoms with Gasteiger partial charge in [0.2, 0.25) is 0 Å². The molecule has 2 heteroatoms. The predicted molar refractivity (Wildman–Crippen MR) is 84.5 cm³/mol. The summed E-state index contributed by atoms with van der Waals surface area (Å²) in [6.45, 7) is 12.7. The Kier molecular flexibility index (Phi) is 4.12. The van der Waals surface area contributed by atoms with Crippen molar-refractivity contribution in [2.24, 2.45) is 10.8 Å². The van der Waals surface area contributed by atoms with Gasteiger partial charge in [-0.3, -0.25) is 4.79 Å². The molecule has 18 heavy (non-hydrogen) atoms. The van der Waals surface area contributed by atoms with Crippen molar-refractivity contribution in [1.29, 1.82) is 0 Å². The van der Waals surface area contributed by atoms with E-state index in [9.17, 15) is 4.79 Å². The number of rotatable bonds is 0. The molecule has 0 radical (unpaired) electrons. The van der Waals surface area contributed by atoms with E-state index < -0.39 is 0 Å². The highest BCUT2D eigenvalue weighted by Crippen LogP contribution is 2.37. The standard InChI is InChI=1S/C16H26OS/c1-15(2,3)12-9-11(18(7)8)10-13(14(12)17)16(4,5)6/h9-10H,1-8H3. The Bertz CT molecular complexity index is 422. The number of allylic oxidation sites excluding steroid dienone is 4. The summed E-state index contributed by atoms with van der Waals surface area (Å²) in [7, 11) is 0.184. The van der Waals surface area contributed by atoms with Crippen LogP contribution in [0.4, 0.5) is 0 Å². The van der Waals surface area contributed by atoms with Crippen molar-refractivity contribution in [2.75, 3.05) is 12.5 Å².